The summed E-state index contributed by atoms with van der Waals surface area (Å²) < 4.78 is 0. The van der Waals surface area contributed by atoms with Gasteiger partial charge in [-0.3, -0.25) is 4.79 Å². The molecule has 3 heteroatoms. The van der Waals surface area contributed by atoms with E-state index in [2.05, 4.69) is 33.9 Å². The highest BCUT2D eigenvalue weighted by molar-refractivity contribution is 7.07. The van der Waals surface area contributed by atoms with Gasteiger partial charge in [-0.2, -0.15) is 11.3 Å². The number of rotatable bonds is 2. The lowest BCUT2D eigenvalue weighted by atomic mass is 10.0. The average molecular weight is 297 g/mol. The van der Waals surface area contributed by atoms with Gasteiger partial charge in [-0.25, -0.2) is 0 Å². The molecule has 1 fully saturated rings. The second-order valence-corrected chi connectivity index (χ2v) is 6.83. The normalized spacial score (nSPS) is 20.8. The smallest absolute Gasteiger partial charge is 0.254 e. The first-order valence-electron chi connectivity index (χ1n) is 7.78. The standard InChI is InChI=1S/C18H19NOS/c20-18(15-7-6-13-3-1-4-14(13)11-15)19-9-2-5-17(19)16-8-10-21-12-16/h6-8,10-12,17H,1-5,9H2. The number of fused-ring (bicyclic) bond motifs is 1. The Morgan fingerprint density at radius 1 is 1.14 bits per heavy atom. The molecule has 4 rings (SSSR count). The summed E-state index contributed by atoms with van der Waals surface area (Å²) >= 11 is 1.71. The molecule has 0 radical (unpaired) electrons. The lowest BCUT2D eigenvalue weighted by Crippen LogP contribution is -2.30. The molecule has 21 heavy (non-hydrogen) atoms. The highest BCUT2D eigenvalue weighted by Gasteiger charge is 2.31. The number of amides is 1. The highest BCUT2D eigenvalue weighted by atomic mass is 32.1. The molecule has 0 bridgehead atoms. The van der Waals surface area contributed by atoms with Crippen molar-refractivity contribution in [3.8, 4) is 0 Å². The number of nitrogens with zero attached hydrogens (tertiary/aromatic N) is 1. The summed E-state index contributed by atoms with van der Waals surface area (Å²) in [7, 11) is 0. The molecule has 1 aromatic carbocycles. The molecule has 1 amide bonds. The molecule has 1 aliphatic carbocycles. The number of hydrogen-bond donors (Lipinski definition) is 0. The summed E-state index contributed by atoms with van der Waals surface area (Å²) in [5.74, 6) is 0.207. The minimum absolute atomic E-state index is 0.207. The van der Waals surface area contributed by atoms with Gasteiger partial charge in [0.15, 0.2) is 0 Å². The minimum atomic E-state index is 0.207. The van der Waals surface area contributed by atoms with Gasteiger partial charge < -0.3 is 4.90 Å². The van der Waals surface area contributed by atoms with Crippen molar-refractivity contribution in [1.29, 1.82) is 0 Å². The fourth-order valence-corrected chi connectivity index (χ4v) is 4.40. The topological polar surface area (TPSA) is 20.3 Å². The zero-order valence-electron chi connectivity index (χ0n) is 12.0. The van der Waals surface area contributed by atoms with Crippen LogP contribution in [0.2, 0.25) is 0 Å². The third-order valence-corrected chi connectivity index (χ3v) is 5.49. The maximum Gasteiger partial charge on any atom is 0.254 e. The van der Waals surface area contributed by atoms with Gasteiger partial charge in [0, 0.05) is 12.1 Å². The Kier molecular flexibility index (Phi) is 3.30. The second-order valence-electron chi connectivity index (χ2n) is 6.05. The first kappa shape index (κ1) is 13.1. The van der Waals surface area contributed by atoms with Gasteiger partial charge in [-0.05, 0) is 77.8 Å². The van der Waals surface area contributed by atoms with Gasteiger partial charge in [0.25, 0.3) is 5.91 Å². The molecule has 0 saturated carbocycles. The van der Waals surface area contributed by atoms with E-state index in [-0.39, 0.29) is 11.9 Å². The summed E-state index contributed by atoms with van der Waals surface area (Å²) in [6, 6.07) is 8.75. The molecule has 1 aliphatic heterocycles. The van der Waals surface area contributed by atoms with Gasteiger partial charge in [-0.15, -0.1) is 0 Å². The Balaban J connectivity index is 1.62. The molecule has 1 atom stereocenters. The number of thiophene rings is 1. The van der Waals surface area contributed by atoms with Crippen molar-refractivity contribution >= 4 is 17.2 Å². The summed E-state index contributed by atoms with van der Waals surface area (Å²) in [6.45, 7) is 0.885. The number of benzene rings is 1. The van der Waals surface area contributed by atoms with E-state index in [1.54, 1.807) is 11.3 Å². The number of likely N-dealkylation sites (tertiary alicyclic amines) is 1. The molecule has 2 heterocycles. The van der Waals surface area contributed by atoms with Gasteiger partial charge in [0.1, 0.15) is 0 Å². The maximum atomic E-state index is 12.9. The first-order chi connectivity index (χ1) is 10.3. The lowest BCUT2D eigenvalue weighted by molar-refractivity contribution is 0.0736. The van der Waals surface area contributed by atoms with Crippen molar-refractivity contribution in [3.63, 3.8) is 0 Å². The Labute approximate surface area is 129 Å². The van der Waals surface area contributed by atoms with Crippen molar-refractivity contribution in [2.45, 2.75) is 38.1 Å². The van der Waals surface area contributed by atoms with Gasteiger partial charge in [0.2, 0.25) is 0 Å². The van der Waals surface area contributed by atoms with Crippen LogP contribution in [0.5, 0.6) is 0 Å². The fraction of sp³-hybridized carbons (Fsp3) is 0.389. The van der Waals surface area contributed by atoms with Crippen LogP contribution in [0.15, 0.2) is 35.0 Å². The van der Waals surface area contributed by atoms with Crippen LogP contribution in [0.25, 0.3) is 0 Å². The molecule has 108 valence electrons. The van der Waals surface area contributed by atoms with Crippen molar-refractivity contribution < 1.29 is 4.79 Å². The van der Waals surface area contributed by atoms with Crippen LogP contribution in [0, 0.1) is 0 Å². The largest absolute Gasteiger partial charge is 0.332 e. The quantitative estimate of drug-likeness (QED) is 0.813. The minimum Gasteiger partial charge on any atom is -0.332 e. The van der Waals surface area contributed by atoms with E-state index in [1.165, 1.54) is 29.5 Å². The van der Waals surface area contributed by atoms with Gasteiger partial charge >= 0.3 is 0 Å². The van der Waals surface area contributed by atoms with Crippen LogP contribution in [0.4, 0.5) is 0 Å². The Bertz CT molecular complexity index is 662. The number of carbonyl (C=O) groups is 1. The Morgan fingerprint density at radius 2 is 2.05 bits per heavy atom. The van der Waals surface area contributed by atoms with Crippen LogP contribution in [0.1, 0.15) is 52.4 Å². The zero-order chi connectivity index (χ0) is 14.2. The maximum absolute atomic E-state index is 12.9. The molecule has 0 spiro atoms. The van der Waals surface area contributed by atoms with Crippen LogP contribution in [-0.4, -0.2) is 17.4 Å². The molecule has 2 nitrogen and oxygen atoms in total. The third kappa shape index (κ3) is 2.30. The van der Waals surface area contributed by atoms with E-state index in [0.717, 1.165) is 31.4 Å². The van der Waals surface area contributed by atoms with E-state index in [0.29, 0.717) is 0 Å². The van der Waals surface area contributed by atoms with E-state index in [1.807, 2.05) is 6.07 Å². The van der Waals surface area contributed by atoms with Gasteiger partial charge in [0.05, 0.1) is 6.04 Å². The predicted molar refractivity (Wildman–Crippen MR) is 85.8 cm³/mol. The van der Waals surface area contributed by atoms with E-state index < -0.39 is 0 Å². The molecule has 1 unspecified atom stereocenters. The van der Waals surface area contributed by atoms with Crippen molar-refractivity contribution in [1.82, 2.24) is 4.90 Å². The molecule has 0 N–H and O–H groups in total. The second kappa shape index (κ2) is 5.30. The summed E-state index contributed by atoms with van der Waals surface area (Å²) in [5.41, 5.74) is 4.99. The molecular weight excluding hydrogens is 278 g/mol. The number of aryl methyl sites for hydroxylation is 2. The van der Waals surface area contributed by atoms with E-state index in [9.17, 15) is 4.79 Å². The average Bonchev–Trinajstić information content (AvgIpc) is 3.24. The number of carbonyl (C=O) groups excluding carboxylic acids is 1. The monoisotopic (exact) mass is 297 g/mol. The predicted octanol–water partition coefficient (Wildman–Crippen LogP) is 4.21. The van der Waals surface area contributed by atoms with Crippen molar-refractivity contribution in [3.05, 3.63) is 57.3 Å². The summed E-state index contributed by atoms with van der Waals surface area (Å²) in [4.78, 5) is 14.9. The molecule has 1 saturated heterocycles. The Morgan fingerprint density at radius 3 is 2.90 bits per heavy atom. The first-order valence-corrected chi connectivity index (χ1v) is 8.72. The summed E-state index contributed by atoms with van der Waals surface area (Å²) in [5, 5.41) is 4.28. The SMILES string of the molecule is O=C(c1ccc2c(c1)CCC2)N1CCCC1c1ccsc1. The van der Waals surface area contributed by atoms with Crippen LogP contribution in [-0.2, 0) is 12.8 Å². The fourth-order valence-electron chi connectivity index (χ4n) is 3.69. The van der Waals surface area contributed by atoms with Crippen molar-refractivity contribution in [2.24, 2.45) is 0 Å². The third-order valence-electron chi connectivity index (χ3n) is 4.79. The van der Waals surface area contributed by atoms with E-state index in [4.69, 9.17) is 0 Å². The van der Waals surface area contributed by atoms with Crippen LogP contribution >= 0.6 is 11.3 Å². The highest BCUT2D eigenvalue weighted by Crippen LogP contribution is 2.34. The van der Waals surface area contributed by atoms with E-state index >= 15 is 0 Å². The molecule has 1 aromatic heterocycles. The molecule has 2 aromatic rings. The van der Waals surface area contributed by atoms with Gasteiger partial charge in [-0.1, -0.05) is 6.07 Å². The van der Waals surface area contributed by atoms with Crippen LogP contribution < -0.4 is 0 Å². The Hall–Kier alpha value is -1.61. The molecular formula is C18H19NOS. The summed E-state index contributed by atoms with van der Waals surface area (Å²) in [6.07, 6.45) is 5.73. The molecule has 2 aliphatic rings. The van der Waals surface area contributed by atoms with Crippen molar-refractivity contribution in [2.75, 3.05) is 6.54 Å². The number of hydrogen-bond acceptors (Lipinski definition) is 2. The zero-order valence-corrected chi connectivity index (χ0v) is 12.9. The lowest BCUT2D eigenvalue weighted by Gasteiger charge is -2.24. The van der Waals surface area contributed by atoms with Crippen LogP contribution in [0.3, 0.4) is 0 Å².